The highest BCUT2D eigenvalue weighted by Gasteiger charge is 2.60. The predicted molar refractivity (Wildman–Crippen MR) is 115 cm³/mol. The number of nitrogens with one attached hydrogen (secondary N) is 1. The zero-order valence-electron chi connectivity index (χ0n) is 17.3. The van der Waals surface area contributed by atoms with Crippen LogP contribution in [0.15, 0.2) is 54.1 Å². The lowest BCUT2D eigenvalue weighted by molar-refractivity contribution is -0.123. The first-order valence-corrected chi connectivity index (χ1v) is 10.4. The van der Waals surface area contributed by atoms with Gasteiger partial charge in [0, 0.05) is 11.3 Å². The van der Waals surface area contributed by atoms with Gasteiger partial charge in [0.25, 0.3) is 5.91 Å². The van der Waals surface area contributed by atoms with Crippen LogP contribution in [0.4, 0.5) is 11.4 Å². The van der Waals surface area contributed by atoms with Gasteiger partial charge in [-0.1, -0.05) is 23.8 Å². The summed E-state index contributed by atoms with van der Waals surface area (Å²) in [5, 5.41) is 2.90. The summed E-state index contributed by atoms with van der Waals surface area (Å²) in [4.78, 5) is 40.3. The molecule has 30 heavy (non-hydrogen) atoms. The standard InChI is InChI=1S/C25H24N2O3/c1-13-7-8-18(10-14(13)2)26-23(28)16-5-4-6-19(11-16)27-24(29)21-17-9-15(3)20(12-17)22(21)25(27)30/h4-11,17,20-22H,12H2,1-3H3,(H,26,28)/t17-,20+,21-,22-/m0/s1. The van der Waals surface area contributed by atoms with E-state index in [4.69, 9.17) is 0 Å². The average Bonchev–Trinajstić information content (AvgIpc) is 3.35. The van der Waals surface area contributed by atoms with E-state index in [1.165, 1.54) is 10.5 Å². The van der Waals surface area contributed by atoms with E-state index < -0.39 is 0 Å². The second kappa shape index (κ2) is 6.66. The lowest BCUT2D eigenvalue weighted by atomic mass is 9.82. The van der Waals surface area contributed by atoms with Gasteiger partial charge < -0.3 is 5.32 Å². The molecule has 152 valence electrons. The number of imide groups is 1. The zero-order valence-corrected chi connectivity index (χ0v) is 17.3. The molecule has 0 aromatic heterocycles. The molecule has 2 fully saturated rings. The maximum absolute atomic E-state index is 13.2. The summed E-state index contributed by atoms with van der Waals surface area (Å²) in [6, 6.07) is 12.5. The Kier molecular flexibility index (Phi) is 4.17. The number of nitrogens with zero attached hydrogens (tertiary/aromatic N) is 1. The normalized spacial score (nSPS) is 26.8. The van der Waals surface area contributed by atoms with Gasteiger partial charge in [-0.2, -0.15) is 0 Å². The Labute approximate surface area is 175 Å². The lowest BCUT2D eigenvalue weighted by Gasteiger charge is -2.19. The Morgan fingerprint density at radius 2 is 1.73 bits per heavy atom. The summed E-state index contributed by atoms with van der Waals surface area (Å²) >= 11 is 0. The fourth-order valence-electron chi connectivity index (χ4n) is 5.34. The van der Waals surface area contributed by atoms with Crippen LogP contribution in [-0.4, -0.2) is 17.7 Å². The van der Waals surface area contributed by atoms with E-state index in [2.05, 4.69) is 18.3 Å². The second-order valence-corrected chi connectivity index (χ2v) is 8.78. The van der Waals surface area contributed by atoms with Crippen LogP contribution < -0.4 is 10.2 Å². The third-order valence-corrected chi connectivity index (χ3v) is 7.01. The molecule has 1 heterocycles. The number of hydrogen-bond acceptors (Lipinski definition) is 3. The summed E-state index contributed by atoms with van der Waals surface area (Å²) in [7, 11) is 0. The van der Waals surface area contributed by atoms with Crippen molar-refractivity contribution in [1.29, 1.82) is 0 Å². The third kappa shape index (κ3) is 2.72. The van der Waals surface area contributed by atoms with Crippen LogP contribution in [0.2, 0.25) is 0 Å². The van der Waals surface area contributed by atoms with E-state index in [1.54, 1.807) is 24.3 Å². The molecule has 1 saturated carbocycles. The van der Waals surface area contributed by atoms with Gasteiger partial charge in [-0.25, -0.2) is 4.90 Å². The van der Waals surface area contributed by atoms with Gasteiger partial charge in [0.05, 0.1) is 17.5 Å². The molecule has 5 rings (SSSR count). The van der Waals surface area contributed by atoms with Gasteiger partial charge in [0.15, 0.2) is 0 Å². The summed E-state index contributed by atoms with van der Waals surface area (Å²) in [6.07, 6.45) is 3.07. The molecule has 1 saturated heterocycles. The number of hydrogen-bond donors (Lipinski definition) is 1. The first-order valence-electron chi connectivity index (χ1n) is 10.4. The monoisotopic (exact) mass is 400 g/mol. The fourth-order valence-corrected chi connectivity index (χ4v) is 5.34. The summed E-state index contributed by atoms with van der Waals surface area (Å²) in [5.41, 5.74) is 5.09. The molecule has 1 aliphatic heterocycles. The SMILES string of the molecule is CC1=C[C@H]2C[C@H]1[C@@H]1C(=O)N(c3cccc(C(=O)Nc4ccc(C)c(C)c4)c3)C(=O)[C@H]12. The van der Waals surface area contributed by atoms with Crippen LogP contribution in [0.3, 0.4) is 0 Å². The number of carbonyl (C=O) groups is 3. The maximum atomic E-state index is 13.2. The highest BCUT2D eigenvalue weighted by molar-refractivity contribution is 6.23. The van der Waals surface area contributed by atoms with Crippen molar-refractivity contribution in [3.05, 3.63) is 70.8 Å². The summed E-state index contributed by atoms with van der Waals surface area (Å²) in [6.45, 7) is 6.07. The van der Waals surface area contributed by atoms with Crippen LogP contribution in [0, 0.1) is 37.5 Å². The first-order chi connectivity index (χ1) is 14.3. The van der Waals surface area contributed by atoms with Gasteiger partial charge in [0.1, 0.15) is 0 Å². The molecule has 5 nitrogen and oxygen atoms in total. The number of fused-ring (bicyclic) bond motifs is 5. The van der Waals surface area contributed by atoms with Gasteiger partial charge in [-0.3, -0.25) is 14.4 Å². The first kappa shape index (κ1) is 18.8. The number of anilines is 2. The van der Waals surface area contributed by atoms with Crippen LogP contribution in [-0.2, 0) is 9.59 Å². The van der Waals surface area contributed by atoms with Crippen molar-refractivity contribution in [1.82, 2.24) is 0 Å². The van der Waals surface area contributed by atoms with Gasteiger partial charge in [-0.05, 0) is 80.5 Å². The fraction of sp³-hybridized carbons (Fsp3) is 0.320. The van der Waals surface area contributed by atoms with Crippen molar-refractivity contribution in [3.63, 3.8) is 0 Å². The molecule has 0 spiro atoms. The zero-order chi connectivity index (χ0) is 21.2. The van der Waals surface area contributed by atoms with Crippen molar-refractivity contribution in [2.24, 2.45) is 23.7 Å². The van der Waals surface area contributed by atoms with E-state index >= 15 is 0 Å². The molecule has 0 radical (unpaired) electrons. The molecule has 2 aliphatic carbocycles. The molecular weight excluding hydrogens is 376 g/mol. The van der Waals surface area contributed by atoms with Crippen molar-refractivity contribution in [2.45, 2.75) is 27.2 Å². The quantitative estimate of drug-likeness (QED) is 0.618. The minimum absolute atomic E-state index is 0.128. The molecular formula is C25H24N2O3. The van der Waals surface area contributed by atoms with E-state index in [-0.39, 0.29) is 41.4 Å². The smallest absolute Gasteiger partial charge is 0.255 e. The largest absolute Gasteiger partial charge is 0.322 e. The highest BCUT2D eigenvalue weighted by Crippen LogP contribution is 2.55. The minimum atomic E-state index is -0.267. The third-order valence-electron chi connectivity index (χ3n) is 7.01. The highest BCUT2D eigenvalue weighted by atomic mass is 16.2. The Morgan fingerprint density at radius 3 is 2.50 bits per heavy atom. The molecule has 4 atom stereocenters. The molecule has 3 aliphatic rings. The number of benzene rings is 2. The minimum Gasteiger partial charge on any atom is -0.322 e. The molecule has 2 aromatic rings. The van der Waals surface area contributed by atoms with E-state index in [0.29, 0.717) is 11.3 Å². The van der Waals surface area contributed by atoms with Crippen molar-refractivity contribution >= 4 is 29.1 Å². The molecule has 3 amide bonds. The molecule has 2 aromatic carbocycles. The predicted octanol–water partition coefficient (Wildman–Crippen LogP) is 4.26. The number of carbonyl (C=O) groups excluding carboxylic acids is 3. The van der Waals surface area contributed by atoms with Crippen LogP contribution >= 0.6 is 0 Å². The van der Waals surface area contributed by atoms with E-state index in [9.17, 15) is 14.4 Å². The molecule has 5 heteroatoms. The topological polar surface area (TPSA) is 66.5 Å². The second-order valence-electron chi connectivity index (χ2n) is 8.78. The lowest BCUT2D eigenvalue weighted by Crippen LogP contribution is -2.33. The molecule has 2 bridgehead atoms. The van der Waals surface area contributed by atoms with Gasteiger partial charge in [-0.15, -0.1) is 0 Å². The Morgan fingerprint density at radius 1 is 0.967 bits per heavy atom. The number of rotatable bonds is 3. The van der Waals surface area contributed by atoms with Crippen molar-refractivity contribution in [2.75, 3.05) is 10.2 Å². The van der Waals surface area contributed by atoms with Crippen molar-refractivity contribution < 1.29 is 14.4 Å². The molecule has 0 unspecified atom stereocenters. The average molecular weight is 400 g/mol. The van der Waals surface area contributed by atoms with Crippen molar-refractivity contribution in [3.8, 4) is 0 Å². The summed E-state index contributed by atoms with van der Waals surface area (Å²) < 4.78 is 0. The number of amides is 3. The van der Waals surface area contributed by atoms with E-state index in [0.717, 1.165) is 23.2 Å². The summed E-state index contributed by atoms with van der Waals surface area (Å²) in [5.74, 6) is -0.684. The Bertz CT molecular complexity index is 1130. The Hall–Kier alpha value is -3.21. The number of allylic oxidation sites excluding steroid dienone is 2. The van der Waals surface area contributed by atoms with Crippen LogP contribution in [0.1, 0.15) is 34.8 Å². The maximum Gasteiger partial charge on any atom is 0.255 e. The van der Waals surface area contributed by atoms with E-state index in [1.807, 2.05) is 32.0 Å². The van der Waals surface area contributed by atoms with Crippen LogP contribution in [0.25, 0.3) is 0 Å². The number of aryl methyl sites for hydroxylation is 2. The Balaban J connectivity index is 1.40. The van der Waals surface area contributed by atoms with Crippen LogP contribution in [0.5, 0.6) is 0 Å². The van der Waals surface area contributed by atoms with Gasteiger partial charge >= 0.3 is 0 Å². The molecule has 1 N–H and O–H groups in total. The van der Waals surface area contributed by atoms with Gasteiger partial charge in [0.2, 0.25) is 11.8 Å².